The molecule has 2 aromatic rings. The number of rotatable bonds is 12. The molecule has 0 saturated carbocycles. The van der Waals surface area contributed by atoms with E-state index in [-0.39, 0.29) is 5.75 Å². The Morgan fingerprint density at radius 2 is 1.87 bits per heavy atom. The van der Waals surface area contributed by atoms with Crippen molar-refractivity contribution in [3.05, 3.63) is 42.4 Å². The zero-order chi connectivity index (χ0) is 28.0. The first-order valence-corrected chi connectivity index (χ1v) is 12.5. The minimum absolute atomic E-state index is 0.0677. The van der Waals surface area contributed by atoms with E-state index < -0.39 is 80.8 Å². The Bertz CT molecular complexity index is 1190. The van der Waals surface area contributed by atoms with E-state index in [1.165, 1.54) is 12.1 Å². The third kappa shape index (κ3) is 6.66. The van der Waals surface area contributed by atoms with Crippen LogP contribution < -0.4 is 15.3 Å². The van der Waals surface area contributed by atoms with Crippen LogP contribution in [0.4, 0.5) is 0 Å². The van der Waals surface area contributed by atoms with E-state index >= 15 is 0 Å². The largest absolute Gasteiger partial charge is 0.493 e. The van der Waals surface area contributed by atoms with Gasteiger partial charge >= 0.3 is 19.7 Å². The number of nitrogens with two attached hydrogens (primary N) is 1. The summed E-state index contributed by atoms with van der Waals surface area (Å²) in [4.78, 5) is 39.0. The van der Waals surface area contributed by atoms with Gasteiger partial charge in [0.25, 0.3) is 5.91 Å². The quantitative estimate of drug-likeness (QED) is 0.159. The maximum Gasteiger partial charge on any atom is 0.459 e. The second-order valence-corrected chi connectivity index (χ2v) is 9.61. The summed E-state index contributed by atoms with van der Waals surface area (Å²) < 4.78 is 40.3. The van der Waals surface area contributed by atoms with E-state index in [0.717, 1.165) is 25.1 Å². The maximum absolute atomic E-state index is 13.7. The Balaban J connectivity index is 1.81. The van der Waals surface area contributed by atoms with Gasteiger partial charge in [0.2, 0.25) is 5.88 Å². The van der Waals surface area contributed by atoms with Crippen molar-refractivity contribution in [3.63, 3.8) is 0 Å². The number of primary amides is 1. The highest BCUT2D eigenvalue weighted by molar-refractivity contribution is 7.52. The summed E-state index contributed by atoms with van der Waals surface area (Å²) in [6.07, 6.45) is -5.66. The van der Waals surface area contributed by atoms with E-state index in [4.69, 9.17) is 19.5 Å². The summed E-state index contributed by atoms with van der Waals surface area (Å²) >= 11 is 0. The molecule has 3 rings (SSSR count). The van der Waals surface area contributed by atoms with Crippen LogP contribution in [-0.2, 0) is 32.9 Å². The second kappa shape index (κ2) is 12.3. The first-order chi connectivity index (χ1) is 18.0. The van der Waals surface area contributed by atoms with Crippen LogP contribution in [0, 0.1) is 0 Å². The molecular formula is C21H27N4O12P. The van der Waals surface area contributed by atoms with E-state index in [9.17, 15) is 34.3 Å². The topological polar surface area (TPSA) is 231 Å². The van der Waals surface area contributed by atoms with Gasteiger partial charge < -0.3 is 39.8 Å². The van der Waals surface area contributed by atoms with Gasteiger partial charge in [-0.3, -0.25) is 23.5 Å². The van der Waals surface area contributed by atoms with Crippen LogP contribution >= 0.6 is 7.75 Å². The zero-order valence-electron chi connectivity index (χ0n) is 20.2. The molecule has 208 valence electrons. The number of carbonyl (C=O) groups excluding carboxylic acids is 3. The van der Waals surface area contributed by atoms with Crippen LogP contribution in [0.2, 0.25) is 0 Å². The van der Waals surface area contributed by atoms with E-state index in [1.54, 1.807) is 18.2 Å². The number of aromatic nitrogens is 2. The SMILES string of the molecule is COC(=O)C[C@H](NP(=O)(OC[C@H]1O[C@@H](n2cnc(C(N)=O)c2O)[C@H](O)[C@@H]1O)Oc1ccccc1)C(=O)OC. The molecule has 1 aromatic carbocycles. The molecule has 17 heteroatoms. The number of nitrogens with one attached hydrogen (secondary N) is 1. The number of methoxy groups -OCH3 is 2. The molecule has 6 N–H and O–H groups in total. The standard InChI is InChI=1S/C21H27N4O12P/c1-33-14(26)8-12(21(31)34-2)24-38(32,37-11-6-4-3-5-7-11)35-9-13-16(27)17(28)20(36-13)25-10-23-15(18(22)29)19(25)30/h3-7,10,12-13,16-17,20,27-28,30H,8-9H2,1-2H3,(H2,22,29)(H,24,32)/t12-,13+,16+,17+,20+,38?/m0/s1. The van der Waals surface area contributed by atoms with Gasteiger partial charge in [-0.1, -0.05) is 18.2 Å². The molecule has 1 saturated heterocycles. The third-order valence-electron chi connectivity index (χ3n) is 5.39. The van der Waals surface area contributed by atoms with Crippen LogP contribution in [0.25, 0.3) is 0 Å². The Labute approximate surface area is 215 Å². The summed E-state index contributed by atoms with van der Waals surface area (Å²) in [5, 5.41) is 33.5. The lowest BCUT2D eigenvalue weighted by atomic mass is 10.1. The molecule has 6 atom stereocenters. The van der Waals surface area contributed by atoms with Crippen LogP contribution in [0.5, 0.6) is 11.6 Å². The summed E-state index contributed by atoms with van der Waals surface area (Å²) in [5.74, 6) is -3.47. The molecule has 1 aliphatic rings. The second-order valence-electron chi connectivity index (χ2n) is 7.92. The lowest BCUT2D eigenvalue weighted by Gasteiger charge is -2.25. The Morgan fingerprint density at radius 3 is 2.45 bits per heavy atom. The van der Waals surface area contributed by atoms with Gasteiger partial charge in [0.1, 0.15) is 36.4 Å². The number of imidazole rings is 1. The van der Waals surface area contributed by atoms with Gasteiger partial charge in [-0.15, -0.1) is 0 Å². The Kier molecular flexibility index (Phi) is 9.43. The highest BCUT2D eigenvalue weighted by Crippen LogP contribution is 2.46. The van der Waals surface area contributed by atoms with Crippen LogP contribution in [0.3, 0.4) is 0 Å². The van der Waals surface area contributed by atoms with Crippen molar-refractivity contribution in [2.75, 3.05) is 20.8 Å². The lowest BCUT2D eigenvalue weighted by Crippen LogP contribution is -2.40. The van der Waals surface area contributed by atoms with E-state index in [1.807, 2.05) is 0 Å². The smallest absolute Gasteiger partial charge is 0.459 e. The molecule has 0 spiro atoms. The normalized spacial score (nSPS) is 23.3. The zero-order valence-corrected chi connectivity index (χ0v) is 21.1. The maximum atomic E-state index is 13.7. The van der Waals surface area contributed by atoms with Crippen molar-refractivity contribution in [3.8, 4) is 11.6 Å². The van der Waals surface area contributed by atoms with Gasteiger partial charge in [0.15, 0.2) is 11.9 Å². The molecule has 0 radical (unpaired) electrons. The molecule has 0 aliphatic carbocycles. The lowest BCUT2D eigenvalue weighted by molar-refractivity contribution is -0.149. The number of carbonyl (C=O) groups is 3. The van der Waals surface area contributed by atoms with Crippen molar-refractivity contribution >= 4 is 25.6 Å². The number of aliphatic hydroxyl groups excluding tert-OH is 2. The van der Waals surface area contributed by atoms with Gasteiger partial charge in [0, 0.05) is 0 Å². The van der Waals surface area contributed by atoms with E-state index in [0.29, 0.717) is 0 Å². The average molecular weight is 558 g/mol. The number of aliphatic hydroxyl groups is 2. The number of hydrogen-bond acceptors (Lipinski definition) is 13. The van der Waals surface area contributed by atoms with Crippen molar-refractivity contribution in [2.45, 2.75) is 37.0 Å². The number of esters is 2. The number of amides is 1. The molecule has 1 amide bonds. The molecule has 38 heavy (non-hydrogen) atoms. The fourth-order valence-electron chi connectivity index (χ4n) is 3.46. The average Bonchev–Trinajstić information content (AvgIpc) is 3.41. The molecular weight excluding hydrogens is 531 g/mol. The number of para-hydroxylation sites is 1. The third-order valence-corrected chi connectivity index (χ3v) is 6.96. The van der Waals surface area contributed by atoms with Crippen molar-refractivity contribution in [1.29, 1.82) is 0 Å². The summed E-state index contributed by atoms with van der Waals surface area (Å²) in [7, 11) is -2.35. The molecule has 16 nitrogen and oxygen atoms in total. The highest BCUT2D eigenvalue weighted by atomic mass is 31.2. The van der Waals surface area contributed by atoms with Crippen molar-refractivity contribution < 1.29 is 57.5 Å². The number of hydrogen-bond donors (Lipinski definition) is 5. The number of ether oxygens (including phenoxy) is 3. The van der Waals surface area contributed by atoms with Crippen LogP contribution in [-0.4, -0.2) is 87.9 Å². The minimum atomic E-state index is -4.50. The molecule has 1 aliphatic heterocycles. The number of benzene rings is 1. The van der Waals surface area contributed by atoms with Crippen LogP contribution in [0.1, 0.15) is 23.1 Å². The fraction of sp³-hybridized carbons (Fsp3) is 0.429. The van der Waals surface area contributed by atoms with Crippen molar-refractivity contribution in [2.24, 2.45) is 5.73 Å². The predicted octanol–water partition coefficient (Wildman–Crippen LogP) is -0.795. The Morgan fingerprint density at radius 1 is 1.18 bits per heavy atom. The number of nitrogens with zero attached hydrogens (tertiary/aromatic N) is 2. The monoisotopic (exact) mass is 558 g/mol. The van der Waals surface area contributed by atoms with Gasteiger partial charge in [-0.25, -0.2) is 9.55 Å². The summed E-state index contributed by atoms with van der Waals surface area (Å²) in [6, 6.07) is 6.21. The Hall–Kier alpha value is -3.53. The van der Waals surface area contributed by atoms with Crippen molar-refractivity contribution in [1.82, 2.24) is 14.6 Å². The molecule has 1 aromatic heterocycles. The molecule has 1 unspecified atom stereocenters. The molecule has 1 fully saturated rings. The first kappa shape index (κ1) is 29.0. The fourth-order valence-corrected chi connectivity index (χ4v) is 4.96. The number of aromatic hydroxyl groups is 1. The molecule has 2 heterocycles. The van der Waals surface area contributed by atoms with Gasteiger partial charge in [-0.05, 0) is 12.1 Å². The minimum Gasteiger partial charge on any atom is -0.493 e. The highest BCUT2D eigenvalue weighted by Gasteiger charge is 2.46. The van der Waals surface area contributed by atoms with Crippen LogP contribution in [0.15, 0.2) is 36.7 Å². The first-order valence-electron chi connectivity index (χ1n) is 11.0. The summed E-state index contributed by atoms with van der Waals surface area (Å²) in [5.41, 5.74) is 4.64. The van der Waals surface area contributed by atoms with Gasteiger partial charge in [-0.2, -0.15) is 5.09 Å². The summed E-state index contributed by atoms with van der Waals surface area (Å²) in [6.45, 7) is -0.671. The predicted molar refractivity (Wildman–Crippen MR) is 125 cm³/mol. The molecule has 0 bridgehead atoms. The van der Waals surface area contributed by atoms with E-state index in [2.05, 4.69) is 19.5 Å². The van der Waals surface area contributed by atoms with Gasteiger partial charge in [0.05, 0.1) is 27.2 Å².